The Hall–Kier alpha value is -1.63. The second-order valence-electron chi connectivity index (χ2n) is 9.15. The summed E-state index contributed by atoms with van der Waals surface area (Å²) in [5, 5.41) is 0.939. The number of rotatable bonds is 8. The second kappa shape index (κ2) is 7.89. The Morgan fingerprint density at radius 3 is 2.72 bits per heavy atom. The molecule has 0 amide bonds. The second-order valence-corrected chi connectivity index (χ2v) is 11.2. The molecule has 29 heavy (non-hydrogen) atoms. The van der Waals surface area contributed by atoms with Crippen molar-refractivity contribution in [1.82, 2.24) is 9.29 Å². The number of hydrogen-bond donors (Lipinski definition) is 1. The molecule has 1 saturated carbocycles. The third-order valence-electron chi connectivity index (χ3n) is 6.28. The van der Waals surface area contributed by atoms with E-state index in [2.05, 4.69) is 60.5 Å². The van der Waals surface area contributed by atoms with Crippen molar-refractivity contribution in [2.75, 3.05) is 13.2 Å². The molecule has 0 bridgehead atoms. The topological polar surface area (TPSA) is 60.3 Å². The standard InChI is InChI=1S/C23H32N2O3S/c1-4-23(2,3)16-25-15-19(14-24-29(26,27)20-6-7-20)21-8-5-18(13-22(21)25)17-9-11-28-12-10-17/h5,8-9,13,15,20,24H,4,6-7,10-12,14,16H2,1-3H3. The van der Waals surface area contributed by atoms with Crippen molar-refractivity contribution < 1.29 is 13.2 Å². The van der Waals surface area contributed by atoms with Crippen LogP contribution in [0, 0.1) is 5.41 Å². The maximum atomic E-state index is 12.3. The van der Waals surface area contributed by atoms with Gasteiger partial charge in [-0.05, 0) is 53.9 Å². The van der Waals surface area contributed by atoms with Crippen molar-refractivity contribution >= 4 is 26.5 Å². The molecule has 1 aromatic heterocycles. The van der Waals surface area contributed by atoms with E-state index in [-0.39, 0.29) is 10.7 Å². The van der Waals surface area contributed by atoms with Crippen LogP contribution in [0.1, 0.15) is 57.6 Å². The van der Waals surface area contributed by atoms with Gasteiger partial charge in [-0.25, -0.2) is 13.1 Å². The van der Waals surface area contributed by atoms with E-state index < -0.39 is 10.0 Å². The van der Waals surface area contributed by atoms with Gasteiger partial charge in [0, 0.05) is 30.2 Å². The molecule has 2 heterocycles. The first kappa shape index (κ1) is 20.6. The number of nitrogens with one attached hydrogen (secondary N) is 1. The lowest BCUT2D eigenvalue weighted by Crippen LogP contribution is -2.26. The molecule has 1 N–H and O–H groups in total. The molecular weight excluding hydrogens is 384 g/mol. The summed E-state index contributed by atoms with van der Waals surface area (Å²) in [5.41, 5.74) is 4.96. The van der Waals surface area contributed by atoms with E-state index in [1.165, 1.54) is 16.7 Å². The van der Waals surface area contributed by atoms with Crippen LogP contribution >= 0.6 is 0 Å². The molecular formula is C23H32N2O3S. The van der Waals surface area contributed by atoms with Gasteiger partial charge in [0.1, 0.15) is 0 Å². The largest absolute Gasteiger partial charge is 0.377 e. The van der Waals surface area contributed by atoms with Gasteiger partial charge in [-0.15, -0.1) is 0 Å². The molecule has 0 radical (unpaired) electrons. The first-order valence-corrected chi connectivity index (χ1v) is 12.2. The van der Waals surface area contributed by atoms with Crippen LogP contribution in [-0.4, -0.2) is 31.4 Å². The zero-order valence-corrected chi connectivity index (χ0v) is 18.5. The lowest BCUT2D eigenvalue weighted by molar-refractivity contribution is 0.161. The third-order valence-corrected chi connectivity index (χ3v) is 8.18. The lowest BCUT2D eigenvalue weighted by Gasteiger charge is -2.24. The van der Waals surface area contributed by atoms with Crippen molar-refractivity contribution in [3.05, 3.63) is 41.6 Å². The average Bonchev–Trinajstić information content (AvgIpc) is 3.52. The van der Waals surface area contributed by atoms with Crippen LogP contribution in [0.4, 0.5) is 0 Å². The first-order chi connectivity index (χ1) is 13.8. The van der Waals surface area contributed by atoms with Crippen molar-refractivity contribution in [3.63, 3.8) is 0 Å². The third kappa shape index (κ3) is 4.60. The van der Waals surface area contributed by atoms with E-state index in [9.17, 15) is 8.42 Å². The highest BCUT2D eigenvalue weighted by Crippen LogP contribution is 2.32. The van der Waals surface area contributed by atoms with Gasteiger partial charge in [0.05, 0.1) is 18.5 Å². The Labute approximate surface area is 174 Å². The predicted octanol–water partition coefficient (Wildman–Crippen LogP) is 4.46. The summed E-state index contributed by atoms with van der Waals surface area (Å²) in [7, 11) is -3.19. The van der Waals surface area contributed by atoms with Crippen LogP contribution in [0.25, 0.3) is 16.5 Å². The molecule has 1 aliphatic carbocycles. The summed E-state index contributed by atoms with van der Waals surface area (Å²) in [6.07, 6.45) is 7.88. The fourth-order valence-electron chi connectivity index (χ4n) is 3.88. The summed E-state index contributed by atoms with van der Waals surface area (Å²) in [5.74, 6) is 0. The number of ether oxygens (including phenoxy) is 1. The molecule has 0 saturated heterocycles. The van der Waals surface area contributed by atoms with E-state index in [4.69, 9.17) is 4.74 Å². The smallest absolute Gasteiger partial charge is 0.214 e. The summed E-state index contributed by atoms with van der Waals surface area (Å²) >= 11 is 0. The normalized spacial score (nSPS) is 18.2. The summed E-state index contributed by atoms with van der Waals surface area (Å²) in [6.45, 7) is 9.46. The number of nitrogens with zero attached hydrogens (tertiary/aromatic N) is 1. The minimum Gasteiger partial charge on any atom is -0.377 e. The molecule has 4 rings (SSSR count). The number of fused-ring (bicyclic) bond motifs is 1. The van der Waals surface area contributed by atoms with Crippen molar-refractivity contribution in [2.24, 2.45) is 5.41 Å². The van der Waals surface area contributed by atoms with Crippen LogP contribution in [0.3, 0.4) is 0 Å². The maximum absolute atomic E-state index is 12.3. The van der Waals surface area contributed by atoms with Crippen LogP contribution in [0.15, 0.2) is 30.5 Å². The zero-order valence-electron chi connectivity index (χ0n) is 17.7. The molecule has 2 aliphatic rings. The van der Waals surface area contributed by atoms with Crippen molar-refractivity contribution in [2.45, 2.75) is 64.8 Å². The molecule has 1 fully saturated rings. The Balaban J connectivity index is 1.70. The van der Waals surface area contributed by atoms with E-state index in [0.717, 1.165) is 49.8 Å². The van der Waals surface area contributed by atoms with E-state index >= 15 is 0 Å². The minimum absolute atomic E-state index is 0.171. The molecule has 1 aliphatic heterocycles. The van der Waals surface area contributed by atoms with Gasteiger partial charge < -0.3 is 9.30 Å². The summed E-state index contributed by atoms with van der Waals surface area (Å²) < 4.78 is 35.2. The average molecular weight is 417 g/mol. The van der Waals surface area contributed by atoms with Gasteiger partial charge in [0.2, 0.25) is 10.0 Å². The molecule has 0 unspecified atom stereocenters. The summed E-state index contributed by atoms with van der Waals surface area (Å²) in [6, 6.07) is 6.57. The van der Waals surface area contributed by atoms with Crippen molar-refractivity contribution in [1.29, 1.82) is 0 Å². The quantitative estimate of drug-likeness (QED) is 0.691. The highest BCUT2D eigenvalue weighted by Gasteiger charge is 2.35. The van der Waals surface area contributed by atoms with Gasteiger partial charge in [-0.1, -0.05) is 39.0 Å². The van der Waals surface area contributed by atoms with Gasteiger partial charge in [0.15, 0.2) is 0 Å². The molecule has 0 spiro atoms. The SMILES string of the molecule is CCC(C)(C)Cn1cc(CNS(=O)(=O)C2CC2)c2ccc(C3=CCOCC3)cc21. The highest BCUT2D eigenvalue weighted by molar-refractivity contribution is 7.90. The number of aromatic nitrogens is 1. The van der Waals surface area contributed by atoms with Crippen LogP contribution in [0.2, 0.25) is 0 Å². The van der Waals surface area contributed by atoms with Gasteiger partial charge in [-0.3, -0.25) is 0 Å². The molecule has 6 heteroatoms. The molecule has 0 atom stereocenters. The molecule has 2 aromatic rings. The van der Waals surface area contributed by atoms with Crippen molar-refractivity contribution in [3.8, 4) is 0 Å². The lowest BCUT2D eigenvalue weighted by atomic mass is 9.90. The van der Waals surface area contributed by atoms with Gasteiger partial charge in [0.25, 0.3) is 0 Å². The molecule has 158 valence electrons. The van der Waals surface area contributed by atoms with E-state index in [0.29, 0.717) is 13.2 Å². The van der Waals surface area contributed by atoms with E-state index in [1.54, 1.807) is 0 Å². The van der Waals surface area contributed by atoms with Gasteiger partial charge in [-0.2, -0.15) is 0 Å². The minimum atomic E-state index is -3.19. The maximum Gasteiger partial charge on any atom is 0.214 e. The fourth-order valence-corrected chi connectivity index (χ4v) is 5.23. The van der Waals surface area contributed by atoms with Gasteiger partial charge >= 0.3 is 0 Å². The Bertz CT molecular complexity index is 1030. The zero-order chi connectivity index (χ0) is 20.6. The van der Waals surface area contributed by atoms with Crippen LogP contribution < -0.4 is 4.72 Å². The Morgan fingerprint density at radius 1 is 1.28 bits per heavy atom. The fraction of sp³-hybridized carbons (Fsp3) is 0.565. The van der Waals surface area contributed by atoms with Crippen LogP contribution in [-0.2, 0) is 27.8 Å². The Kier molecular flexibility index (Phi) is 5.62. The predicted molar refractivity (Wildman–Crippen MR) is 118 cm³/mol. The van der Waals surface area contributed by atoms with Crippen LogP contribution in [0.5, 0.6) is 0 Å². The number of hydrogen-bond acceptors (Lipinski definition) is 3. The van der Waals surface area contributed by atoms with E-state index in [1.807, 2.05) is 0 Å². The molecule has 1 aromatic carbocycles. The Morgan fingerprint density at radius 2 is 2.07 bits per heavy atom. The number of sulfonamides is 1. The first-order valence-electron chi connectivity index (χ1n) is 10.7. The summed E-state index contributed by atoms with van der Waals surface area (Å²) in [4.78, 5) is 0. The molecule has 5 nitrogen and oxygen atoms in total. The highest BCUT2D eigenvalue weighted by atomic mass is 32.2. The number of benzene rings is 1. The monoisotopic (exact) mass is 416 g/mol.